The molecule has 4 nitrogen and oxygen atoms in total. The van der Waals surface area contributed by atoms with Gasteiger partial charge in [0.1, 0.15) is 18.1 Å². The molecule has 0 heterocycles. The van der Waals surface area contributed by atoms with Crippen molar-refractivity contribution in [2.24, 2.45) is 5.16 Å². The monoisotopic (exact) mass is 283 g/mol. The van der Waals surface area contributed by atoms with Crippen LogP contribution in [0.15, 0.2) is 47.6 Å². The van der Waals surface area contributed by atoms with Crippen molar-refractivity contribution in [1.29, 1.82) is 0 Å². The van der Waals surface area contributed by atoms with E-state index in [-0.39, 0.29) is 0 Å². The maximum atomic E-state index is 8.92. The van der Waals surface area contributed by atoms with Crippen LogP contribution in [0.4, 0.5) is 0 Å². The molecule has 0 saturated carbocycles. The summed E-state index contributed by atoms with van der Waals surface area (Å²) >= 11 is 0. The van der Waals surface area contributed by atoms with Gasteiger partial charge in [-0.15, -0.1) is 0 Å². The number of oxime groups is 1. The normalized spacial score (nSPS) is 15.0. The summed E-state index contributed by atoms with van der Waals surface area (Å²) in [7, 11) is 1.65. The van der Waals surface area contributed by atoms with Crippen molar-refractivity contribution in [2.45, 2.75) is 19.4 Å². The van der Waals surface area contributed by atoms with E-state index < -0.39 is 0 Å². The molecule has 108 valence electrons. The van der Waals surface area contributed by atoms with E-state index in [0.717, 1.165) is 41.2 Å². The third-order valence-corrected chi connectivity index (χ3v) is 3.70. The number of hydrogen-bond acceptors (Lipinski definition) is 4. The molecule has 1 N–H and O–H groups in total. The number of hydrogen-bond donors (Lipinski definition) is 1. The van der Waals surface area contributed by atoms with Crippen molar-refractivity contribution in [3.05, 3.63) is 59.2 Å². The number of fused-ring (bicyclic) bond motifs is 1. The van der Waals surface area contributed by atoms with Crippen LogP contribution >= 0.6 is 0 Å². The molecule has 1 aliphatic rings. The van der Waals surface area contributed by atoms with Crippen LogP contribution in [0.5, 0.6) is 11.5 Å². The van der Waals surface area contributed by atoms with Crippen molar-refractivity contribution in [3.63, 3.8) is 0 Å². The molecule has 4 heteroatoms. The Kier molecular flexibility index (Phi) is 3.77. The summed E-state index contributed by atoms with van der Waals surface area (Å²) in [4.78, 5) is 0. The Morgan fingerprint density at radius 1 is 1.05 bits per heavy atom. The van der Waals surface area contributed by atoms with Crippen LogP contribution in [0.2, 0.25) is 0 Å². The summed E-state index contributed by atoms with van der Waals surface area (Å²) in [5, 5.41) is 12.3. The van der Waals surface area contributed by atoms with Crippen molar-refractivity contribution in [1.82, 2.24) is 0 Å². The first kappa shape index (κ1) is 13.5. The van der Waals surface area contributed by atoms with Crippen LogP contribution in [0, 0.1) is 0 Å². The molecule has 0 bridgehead atoms. The van der Waals surface area contributed by atoms with Crippen LogP contribution in [-0.2, 0) is 13.0 Å². The zero-order chi connectivity index (χ0) is 14.7. The van der Waals surface area contributed by atoms with Gasteiger partial charge in [-0.1, -0.05) is 17.3 Å². The second-order valence-electron chi connectivity index (χ2n) is 5.00. The van der Waals surface area contributed by atoms with Gasteiger partial charge in [-0.25, -0.2) is 0 Å². The molecule has 3 rings (SSSR count). The van der Waals surface area contributed by atoms with E-state index in [9.17, 15) is 0 Å². The molecule has 2 aromatic rings. The van der Waals surface area contributed by atoms with E-state index in [1.165, 1.54) is 5.56 Å². The summed E-state index contributed by atoms with van der Waals surface area (Å²) in [6.45, 7) is 0.518. The minimum atomic E-state index is 0.518. The van der Waals surface area contributed by atoms with E-state index in [1.54, 1.807) is 7.11 Å². The summed E-state index contributed by atoms with van der Waals surface area (Å²) in [6.07, 6.45) is 1.68. The number of rotatable bonds is 4. The highest BCUT2D eigenvalue weighted by molar-refractivity contribution is 6.04. The molecule has 0 atom stereocenters. The van der Waals surface area contributed by atoms with E-state index in [2.05, 4.69) is 5.16 Å². The van der Waals surface area contributed by atoms with Crippen molar-refractivity contribution < 1.29 is 14.7 Å². The second-order valence-corrected chi connectivity index (χ2v) is 5.00. The van der Waals surface area contributed by atoms with E-state index in [1.807, 2.05) is 42.5 Å². The molecule has 1 aliphatic carbocycles. The molecule has 2 aromatic carbocycles. The van der Waals surface area contributed by atoms with Crippen molar-refractivity contribution >= 4 is 5.71 Å². The summed E-state index contributed by atoms with van der Waals surface area (Å²) in [5.74, 6) is 1.68. The largest absolute Gasteiger partial charge is 0.497 e. The Bertz CT molecular complexity index is 662. The lowest BCUT2D eigenvalue weighted by Crippen LogP contribution is -1.97. The number of nitrogens with zero attached hydrogens (tertiary/aromatic N) is 1. The van der Waals surface area contributed by atoms with E-state index in [0.29, 0.717) is 6.61 Å². The highest BCUT2D eigenvalue weighted by atomic mass is 16.5. The number of ether oxygens (including phenoxy) is 2. The van der Waals surface area contributed by atoms with Crippen LogP contribution in [0.1, 0.15) is 23.1 Å². The summed E-state index contributed by atoms with van der Waals surface area (Å²) in [5.41, 5.74) is 4.05. The Labute approximate surface area is 123 Å². The fourth-order valence-electron chi connectivity index (χ4n) is 2.53. The molecule has 0 amide bonds. The molecule has 0 aromatic heterocycles. The minimum Gasteiger partial charge on any atom is -0.497 e. The molecule has 0 unspecified atom stereocenters. The summed E-state index contributed by atoms with van der Waals surface area (Å²) < 4.78 is 10.9. The maximum Gasteiger partial charge on any atom is 0.120 e. The standard InChI is InChI=1S/C17H17NO3/c1-20-14-5-2-12(3-6-14)11-21-15-7-8-16-13(10-15)4-9-17(16)18-19/h2-3,5-8,10,19H,4,9,11H2,1H3/b18-17+. The summed E-state index contributed by atoms with van der Waals surface area (Å²) in [6, 6.07) is 13.7. The highest BCUT2D eigenvalue weighted by Gasteiger charge is 2.18. The molecule has 21 heavy (non-hydrogen) atoms. The minimum absolute atomic E-state index is 0.518. The molecular formula is C17H17NO3. The maximum absolute atomic E-state index is 8.92. The number of aryl methyl sites for hydroxylation is 1. The number of benzene rings is 2. The van der Waals surface area contributed by atoms with Crippen molar-refractivity contribution in [3.8, 4) is 11.5 Å². The van der Waals surface area contributed by atoms with Gasteiger partial charge in [0.15, 0.2) is 0 Å². The van der Waals surface area contributed by atoms with Crippen LogP contribution in [-0.4, -0.2) is 18.0 Å². The van der Waals surface area contributed by atoms with Gasteiger partial charge in [0.25, 0.3) is 0 Å². The van der Waals surface area contributed by atoms with Gasteiger partial charge in [0, 0.05) is 5.56 Å². The fourth-order valence-corrected chi connectivity index (χ4v) is 2.53. The zero-order valence-corrected chi connectivity index (χ0v) is 11.9. The first-order valence-corrected chi connectivity index (χ1v) is 6.90. The molecule has 0 radical (unpaired) electrons. The van der Waals surface area contributed by atoms with Gasteiger partial charge < -0.3 is 14.7 Å². The predicted molar refractivity (Wildman–Crippen MR) is 80.4 cm³/mol. The molecule has 0 aliphatic heterocycles. The van der Waals surface area contributed by atoms with Crippen LogP contribution in [0.3, 0.4) is 0 Å². The average Bonchev–Trinajstić information content (AvgIpc) is 2.95. The Balaban J connectivity index is 1.68. The average molecular weight is 283 g/mol. The lowest BCUT2D eigenvalue weighted by molar-refractivity contribution is 0.305. The van der Waals surface area contributed by atoms with Gasteiger partial charge in [-0.3, -0.25) is 0 Å². The molecule has 0 fully saturated rings. The van der Waals surface area contributed by atoms with Gasteiger partial charge >= 0.3 is 0 Å². The quantitative estimate of drug-likeness (QED) is 0.691. The van der Waals surface area contributed by atoms with Gasteiger partial charge in [0.05, 0.1) is 12.8 Å². The van der Waals surface area contributed by atoms with Crippen LogP contribution < -0.4 is 9.47 Å². The first-order chi connectivity index (χ1) is 10.3. The molecular weight excluding hydrogens is 266 g/mol. The molecule has 0 spiro atoms. The second kappa shape index (κ2) is 5.87. The highest BCUT2D eigenvalue weighted by Crippen LogP contribution is 2.27. The Morgan fingerprint density at radius 3 is 2.52 bits per heavy atom. The van der Waals surface area contributed by atoms with Gasteiger partial charge in [-0.2, -0.15) is 0 Å². The van der Waals surface area contributed by atoms with E-state index >= 15 is 0 Å². The fraction of sp³-hybridized carbons (Fsp3) is 0.235. The number of methoxy groups -OCH3 is 1. The third kappa shape index (κ3) is 2.84. The zero-order valence-electron chi connectivity index (χ0n) is 11.9. The third-order valence-electron chi connectivity index (χ3n) is 3.70. The Hall–Kier alpha value is -2.49. The lowest BCUT2D eigenvalue weighted by atomic mass is 10.1. The Morgan fingerprint density at radius 2 is 1.81 bits per heavy atom. The van der Waals surface area contributed by atoms with Crippen LogP contribution in [0.25, 0.3) is 0 Å². The van der Waals surface area contributed by atoms with Gasteiger partial charge in [0.2, 0.25) is 0 Å². The smallest absolute Gasteiger partial charge is 0.120 e. The van der Waals surface area contributed by atoms with Crippen molar-refractivity contribution in [2.75, 3.05) is 7.11 Å². The molecule has 0 saturated heterocycles. The van der Waals surface area contributed by atoms with Gasteiger partial charge in [-0.05, 0) is 54.3 Å². The predicted octanol–water partition coefficient (Wildman–Crippen LogP) is 3.40. The lowest BCUT2D eigenvalue weighted by Gasteiger charge is -2.08. The SMILES string of the molecule is COc1ccc(COc2ccc3c(c2)CC/C3=N\O)cc1. The topological polar surface area (TPSA) is 51.0 Å². The van der Waals surface area contributed by atoms with E-state index in [4.69, 9.17) is 14.7 Å². The first-order valence-electron chi connectivity index (χ1n) is 6.90.